The van der Waals surface area contributed by atoms with Crippen molar-refractivity contribution in [2.45, 2.75) is 0 Å². The molecule has 4 nitrogen and oxygen atoms in total. The van der Waals surface area contributed by atoms with Crippen LogP contribution in [0.25, 0.3) is 0 Å². The van der Waals surface area contributed by atoms with E-state index in [2.05, 4.69) is 5.43 Å². The highest BCUT2D eigenvalue weighted by Crippen LogP contribution is 2.22. The summed E-state index contributed by atoms with van der Waals surface area (Å²) >= 11 is 5.85. The van der Waals surface area contributed by atoms with Crippen LogP contribution in [0.1, 0.15) is 0 Å². The van der Waals surface area contributed by atoms with Crippen molar-refractivity contribution in [2.75, 3.05) is 20.7 Å². The van der Waals surface area contributed by atoms with Crippen molar-refractivity contribution in [1.82, 2.24) is 10.4 Å². The molecule has 0 atom stereocenters. The van der Waals surface area contributed by atoms with Crippen LogP contribution in [0.5, 0.6) is 5.75 Å². The Morgan fingerprint density at radius 1 is 1.47 bits per heavy atom. The highest BCUT2D eigenvalue weighted by atomic mass is 35.5. The first-order valence-corrected chi connectivity index (χ1v) is 4.81. The van der Waals surface area contributed by atoms with Crippen molar-refractivity contribution in [3.63, 3.8) is 0 Å². The SMILES string of the molecule is CN(C)NC(=O)COc1ccccc1Cl. The van der Waals surface area contributed by atoms with Gasteiger partial charge in [0.15, 0.2) is 6.61 Å². The molecule has 0 aliphatic carbocycles. The molecule has 0 radical (unpaired) electrons. The second-order valence-electron chi connectivity index (χ2n) is 3.15. The lowest BCUT2D eigenvalue weighted by Crippen LogP contribution is -2.39. The molecule has 0 bridgehead atoms. The number of nitrogens with one attached hydrogen (secondary N) is 1. The number of carbonyl (C=O) groups excluding carboxylic acids is 1. The summed E-state index contributed by atoms with van der Waals surface area (Å²) < 4.78 is 5.23. The fourth-order valence-corrected chi connectivity index (χ4v) is 1.18. The number of benzene rings is 1. The monoisotopic (exact) mass is 228 g/mol. The molecular formula is C10H13ClN2O2. The maximum atomic E-state index is 11.2. The van der Waals surface area contributed by atoms with Gasteiger partial charge in [-0.05, 0) is 12.1 Å². The maximum Gasteiger partial charge on any atom is 0.272 e. The van der Waals surface area contributed by atoms with Gasteiger partial charge in [-0.3, -0.25) is 10.2 Å². The Hall–Kier alpha value is -1.26. The van der Waals surface area contributed by atoms with E-state index in [4.69, 9.17) is 16.3 Å². The highest BCUT2D eigenvalue weighted by Gasteiger charge is 2.05. The van der Waals surface area contributed by atoms with E-state index in [1.165, 1.54) is 0 Å². The summed E-state index contributed by atoms with van der Waals surface area (Å²) in [6.45, 7) is -0.0537. The number of nitrogens with zero attached hydrogens (tertiary/aromatic N) is 1. The fraction of sp³-hybridized carbons (Fsp3) is 0.300. The van der Waals surface area contributed by atoms with Gasteiger partial charge in [0, 0.05) is 14.1 Å². The van der Waals surface area contributed by atoms with Gasteiger partial charge in [0.2, 0.25) is 0 Å². The Kier molecular flexibility index (Phi) is 4.39. The molecule has 0 aliphatic heterocycles. The Morgan fingerprint density at radius 3 is 2.73 bits per heavy atom. The van der Waals surface area contributed by atoms with E-state index in [0.717, 1.165) is 0 Å². The Labute approximate surface area is 93.7 Å². The van der Waals surface area contributed by atoms with E-state index in [1.54, 1.807) is 43.4 Å². The Morgan fingerprint density at radius 2 is 2.13 bits per heavy atom. The van der Waals surface area contributed by atoms with Crippen molar-refractivity contribution in [3.05, 3.63) is 29.3 Å². The van der Waals surface area contributed by atoms with Crippen LogP contribution >= 0.6 is 11.6 Å². The summed E-state index contributed by atoms with van der Waals surface area (Å²) in [6, 6.07) is 7.02. The van der Waals surface area contributed by atoms with Crippen molar-refractivity contribution in [3.8, 4) is 5.75 Å². The van der Waals surface area contributed by atoms with Gasteiger partial charge in [-0.2, -0.15) is 0 Å². The lowest BCUT2D eigenvalue weighted by atomic mass is 10.3. The largest absolute Gasteiger partial charge is 0.482 e. The van der Waals surface area contributed by atoms with Crippen LogP contribution in [0.4, 0.5) is 0 Å². The number of hydrogen-bond donors (Lipinski definition) is 1. The van der Waals surface area contributed by atoms with E-state index in [0.29, 0.717) is 10.8 Å². The molecule has 0 saturated heterocycles. The molecular weight excluding hydrogens is 216 g/mol. The third kappa shape index (κ3) is 4.18. The molecule has 1 rings (SSSR count). The van der Waals surface area contributed by atoms with E-state index in [1.807, 2.05) is 0 Å². The molecule has 5 heteroatoms. The number of para-hydroxylation sites is 1. The second kappa shape index (κ2) is 5.58. The first kappa shape index (κ1) is 11.8. The second-order valence-corrected chi connectivity index (χ2v) is 3.56. The topological polar surface area (TPSA) is 41.6 Å². The minimum atomic E-state index is -0.222. The number of hydrogen-bond acceptors (Lipinski definition) is 3. The van der Waals surface area contributed by atoms with Gasteiger partial charge in [-0.15, -0.1) is 0 Å². The van der Waals surface area contributed by atoms with Crippen LogP contribution in [-0.4, -0.2) is 31.6 Å². The number of amides is 1. The van der Waals surface area contributed by atoms with E-state index >= 15 is 0 Å². The first-order valence-electron chi connectivity index (χ1n) is 4.43. The summed E-state index contributed by atoms with van der Waals surface area (Å²) in [7, 11) is 3.46. The molecule has 0 spiro atoms. The summed E-state index contributed by atoms with van der Waals surface area (Å²) in [5.74, 6) is 0.285. The lowest BCUT2D eigenvalue weighted by molar-refractivity contribution is -0.126. The number of ether oxygens (including phenoxy) is 1. The van der Waals surface area contributed by atoms with Crippen molar-refractivity contribution in [2.24, 2.45) is 0 Å². The zero-order chi connectivity index (χ0) is 11.3. The average molecular weight is 229 g/mol. The van der Waals surface area contributed by atoms with Crippen LogP contribution in [0.2, 0.25) is 5.02 Å². The standard InChI is InChI=1S/C10H13ClN2O2/c1-13(2)12-10(14)7-15-9-6-4-3-5-8(9)11/h3-6H,7H2,1-2H3,(H,12,14). The van der Waals surface area contributed by atoms with Gasteiger partial charge in [0.25, 0.3) is 5.91 Å². The smallest absolute Gasteiger partial charge is 0.272 e. The van der Waals surface area contributed by atoms with Crippen molar-refractivity contribution >= 4 is 17.5 Å². The first-order chi connectivity index (χ1) is 7.09. The third-order valence-electron chi connectivity index (χ3n) is 1.54. The van der Waals surface area contributed by atoms with E-state index in [-0.39, 0.29) is 12.5 Å². The molecule has 1 amide bonds. The zero-order valence-electron chi connectivity index (χ0n) is 8.66. The van der Waals surface area contributed by atoms with Crippen LogP contribution in [0.15, 0.2) is 24.3 Å². The molecule has 0 fully saturated rings. The Bertz CT molecular complexity index is 342. The van der Waals surface area contributed by atoms with Gasteiger partial charge < -0.3 is 4.74 Å². The lowest BCUT2D eigenvalue weighted by Gasteiger charge is -2.12. The van der Waals surface area contributed by atoms with Crippen LogP contribution in [-0.2, 0) is 4.79 Å². The van der Waals surface area contributed by atoms with Gasteiger partial charge in [0.1, 0.15) is 5.75 Å². The summed E-state index contributed by atoms with van der Waals surface area (Å²) in [5, 5.41) is 2.05. The minimum absolute atomic E-state index is 0.0537. The third-order valence-corrected chi connectivity index (χ3v) is 1.86. The highest BCUT2D eigenvalue weighted by molar-refractivity contribution is 6.32. The normalized spacial score (nSPS) is 10.1. The summed E-state index contributed by atoms with van der Waals surface area (Å²) in [5.41, 5.74) is 2.56. The van der Waals surface area contributed by atoms with Crippen LogP contribution in [0, 0.1) is 0 Å². The molecule has 0 heterocycles. The van der Waals surface area contributed by atoms with E-state index in [9.17, 15) is 4.79 Å². The average Bonchev–Trinajstić information content (AvgIpc) is 2.15. The number of carbonyl (C=O) groups is 1. The molecule has 0 unspecified atom stereocenters. The minimum Gasteiger partial charge on any atom is -0.482 e. The van der Waals surface area contributed by atoms with Gasteiger partial charge >= 0.3 is 0 Å². The summed E-state index contributed by atoms with van der Waals surface area (Å²) in [4.78, 5) is 11.2. The number of hydrazine groups is 1. The molecule has 0 aromatic heterocycles. The van der Waals surface area contributed by atoms with Crippen LogP contribution < -0.4 is 10.2 Å². The van der Waals surface area contributed by atoms with Gasteiger partial charge in [-0.1, -0.05) is 23.7 Å². The molecule has 82 valence electrons. The molecule has 0 aliphatic rings. The van der Waals surface area contributed by atoms with Crippen LogP contribution in [0.3, 0.4) is 0 Å². The molecule has 0 saturated carbocycles. The molecule has 1 aromatic carbocycles. The molecule has 1 aromatic rings. The molecule has 1 N–H and O–H groups in total. The quantitative estimate of drug-likeness (QED) is 0.791. The van der Waals surface area contributed by atoms with Gasteiger partial charge in [-0.25, -0.2) is 5.01 Å². The maximum absolute atomic E-state index is 11.2. The van der Waals surface area contributed by atoms with Gasteiger partial charge in [0.05, 0.1) is 5.02 Å². The van der Waals surface area contributed by atoms with Crippen molar-refractivity contribution in [1.29, 1.82) is 0 Å². The van der Waals surface area contributed by atoms with Crippen molar-refractivity contribution < 1.29 is 9.53 Å². The Balaban J connectivity index is 2.44. The fourth-order valence-electron chi connectivity index (χ4n) is 0.987. The zero-order valence-corrected chi connectivity index (χ0v) is 9.41. The molecule has 15 heavy (non-hydrogen) atoms. The number of halogens is 1. The van der Waals surface area contributed by atoms with E-state index < -0.39 is 0 Å². The predicted octanol–water partition coefficient (Wildman–Crippen LogP) is 1.31. The summed E-state index contributed by atoms with van der Waals surface area (Å²) in [6.07, 6.45) is 0. The number of rotatable bonds is 4. The predicted molar refractivity (Wildman–Crippen MR) is 58.8 cm³/mol.